The lowest BCUT2D eigenvalue weighted by molar-refractivity contribution is -0.119. The Kier molecular flexibility index (Phi) is 5.15. The van der Waals surface area contributed by atoms with Crippen molar-refractivity contribution in [2.75, 3.05) is 11.9 Å². The number of anilines is 1. The summed E-state index contributed by atoms with van der Waals surface area (Å²) in [6.45, 7) is 3.76. The third-order valence-electron chi connectivity index (χ3n) is 2.12. The standard InChI is InChI=1S/C12H15BrN2O2/c1-8-3-4-11(10(13)7-8)15-12(17)5-6-14-9(2)16/h3-4,7H,5-6H2,1-2H3,(H,14,16)(H,15,17). The van der Waals surface area contributed by atoms with Gasteiger partial charge in [-0.15, -0.1) is 0 Å². The summed E-state index contributed by atoms with van der Waals surface area (Å²) in [5.41, 5.74) is 1.86. The summed E-state index contributed by atoms with van der Waals surface area (Å²) in [6.07, 6.45) is 0.264. The number of nitrogens with one attached hydrogen (secondary N) is 2. The van der Waals surface area contributed by atoms with Crippen LogP contribution >= 0.6 is 15.9 Å². The minimum absolute atomic E-state index is 0.122. The molecule has 0 saturated carbocycles. The van der Waals surface area contributed by atoms with E-state index in [9.17, 15) is 9.59 Å². The number of aryl methyl sites for hydroxylation is 1. The van der Waals surface area contributed by atoms with Gasteiger partial charge in [0.05, 0.1) is 5.69 Å². The molecule has 0 atom stereocenters. The Morgan fingerprint density at radius 1 is 1.35 bits per heavy atom. The fourth-order valence-corrected chi connectivity index (χ4v) is 1.88. The molecule has 1 aromatic rings. The minimum Gasteiger partial charge on any atom is -0.356 e. The summed E-state index contributed by atoms with van der Waals surface area (Å²) in [4.78, 5) is 22.2. The number of hydrogen-bond acceptors (Lipinski definition) is 2. The van der Waals surface area contributed by atoms with Gasteiger partial charge < -0.3 is 10.6 Å². The van der Waals surface area contributed by atoms with E-state index in [0.29, 0.717) is 6.54 Å². The lowest BCUT2D eigenvalue weighted by atomic mass is 10.2. The molecule has 1 rings (SSSR count). The van der Waals surface area contributed by atoms with E-state index in [1.165, 1.54) is 6.92 Å². The molecule has 0 spiro atoms. The fourth-order valence-electron chi connectivity index (χ4n) is 1.29. The molecule has 2 N–H and O–H groups in total. The van der Waals surface area contributed by atoms with Gasteiger partial charge in [0.1, 0.15) is 0 Å². The molecule has 0 aliphatic rings. The van der Waals surface area contributed by atoms with Crippen LogP contribution in [0, 0.1) is 6.92 Å². The van der Waals surface area contributed by atoms with Gasteiger partial charge in [-0.1, -0.05) is 6.07 Å². The molecule has 4 nitrogen and oxygen atoms in total. The van der Waals surface area contributed by atoms with Crippen molar-refractivity contribution >= 4 is 33.4 Å². The van der Waals surface area contributed by atoms with Gasteiger partial charge in [-0.2, -0.15) is 0 Å². The van der Waals surface area contributed by atoms with Crippen molar-refractivity contribution in [2.24, 2.45) is 0 Å². The molecule has 0 fully saturated rings. The van der Waals surface area contributed by atoms with Crippen molar-refractivity contribution in [3.8, 4) is 0 Å². The SMILES string of the molecule is CC(=O)NCCC(=O)Nc1ccc(C)cc1Br. The smallest absolute Gasteiger partial charge is 0.226 e. The Morgan fingerprint density at radius 2 is 2.06 bits per heavy atom. The average Bonchev–Trinajstić information content (AvgIpc) is 2.21. The lowest BCUT2D eigenvalue weighted by Gasteiger charge is -2.08. The summed E-state index contributed by atoms with van der Waals surface area (Å²) in [7, 11) is 0. The number of rotatable bonds is 4. The zero-order valence-electron chi connectivity index (χ0n) is 9.84. The Morgan fingerprint density at radius 3 is 2.65 bits per heavy atom. The monoisotopic (exact) mass is 298 g/mol. The molecule has 0 unspecified atom stereocenters. The topological polar surface area (TPSA) is 58.2 Å². The Labute approximate surface area is 109 Å². The van der Waals surface area contributed by atoms with Crippen LogP contribution in [0.2, 0.25) is 0 Å². The van der Waals surface area contributed by atoms with Crippen LogP contribution in [-0.4, -0.2) is 18.4 Å². The van der Waals surface area contributed by atoms with Crippen molar-refractivity contribution in [3.63, 3.8) is 0 Å². The van der Waals surface area contributed by atoms with Crippen LogP contribution in [0.25, 0.3) is 0 Å². The third kappa shape index (κ3) is 4.99. The number of hydrogen-bond donors (Lipinski definition) is 2. The van der Waals surface area contributed by atoms with Gasteiger partial charge in [-0.05, 0) is 40.5 Å². The summed E-state index contributed by atoms with van der Waals surface area (Å²) in [5, 5.41) is 5.35. The van der Waals surface area contributed by atoms with Gasteiger partial charge in [0.2, 0.25) is 11.8 Å². The Bertz CT molecular complexity index is 433. The maximum Gasteiger partial charge on any atom is 0.226 e. The van der Waals surface area contributed by atoms with Crippen LogP contribution in [0.4, 0.5) is 5.69 Å². The van der Waals surface area contributed by atoms with E-state index < -0.39 is 0 Å². The molecule has 0 radical (unpaired) electrons. The lowest BCUT2D eigenvalue weighted by Crippen LogP contribution is -2.25. The average molecular weight is 299 g/mol. The molecule has 0 aliphatic carbocycles. The molecular formula is C12H15BrN2O2. The second kappa shape index (κ2) is 6.39. The third-order valence-corrected chi connectivity index (χ3v) is 2.78. The van der Waals surface area contributed by atoms with E-state index in [1.807, 2.05) is 25.1 Å². The van der Waals surface area contributed by atoms with E-state index in [0.717, 1.165) is 15.7 Å². The molecule has 0 saturated heterocycles. The van der Waals surface area contributed by atoms with E-state index in [2.05, 4.69) is 26.6 Å². The molecule has 1 aromatic carbocycles. The number of halogens is 1. The second-order valence-electron chi connectivity index (χ2n) is 3.76. The molecule has 0 aromatic heterocycles. The molecule has 5 heteroatoms. The van der Waals surface area contributed by atoms with Gasteiger partial charge in [-0.3, -0.25) is 9.59 Å². The first-order valence-corrected chi connectivity index (χ1v) is 6.09. The largest absolute Gasteiger partial charge is 0.356 e. The Hall–Kier alpha value is -1.36. The van der Waals surface area contributed by atoms with Crippen LogP contribution < -0.4 is 10.6 Å². The first kappa shape index (κ1) is 13.7. The Balaban J connectivity index is 2.48. The van der Waals surface area contributed by atoms with Gasteiger partial charge in [0.15, 0.2) is 0 Å². The van der Waals surface area contributed by atoms with Crippen LogP contribution in [0.15, 0.2) is 22.7 Å². The van der Waals surface area contributed by atoms with Crippen molar-refractivity contribution in [3.05, 3.63) is 28.2 Å². The van der Waals surface area contributed by atoms with Crippen LogP contribution in [0.1, 0.15) is 18.9 Å². The first-order chi connectivity index (χ1) is 7.99. The predicted octanol–water partition coefficient (Wildman–Crippen LogP) is 2.22. The van der Waals surface area contributed by atoms with E-state index in [1.54, 1.807) is 0 Å². The van der Waals surface area contributed by atoms with Gasteiger partial charge in [0, 0.05) is 24.4 Å². The molecule has 17 heavy (non-hydrogen) atoms. The molecule has 0 heterocycles. The first-order valence-electron chi connectivity index (χ1n) is 5.29. The number of benzene rings is 1. The summed E-state index contributed by atoms with van der Waals surface area (Å²) in [5.74, 6) is -0.252. The number of carbonyl (C=O) groups excluding carboxylic acids is 2. The van der Waals surface area contributed by atoms with Crippen molar-refractivity contribution in [2.45, 2.75) is 20.3 Å². The highest BCUT2D eigenvalue weighted by atomic mass is 79.9. The van der Waals surface area contributed by atoms with Crippen molar-refractivity contribution < 1.29 is 9.59 Å². The zero-order chi connectivity index (χ0) is 12.8. The van der Waals surface area contributed by atoms with E-state index >= 15 is 0 Å². The van der Waals surface area contributed by atoms with Crippen LogP contribution in [0.5, 0.6) is 0 Å². The van der Waals surface area contributed by atoms with E-state index in [4.69, 9.17) is 0 Å². The zero-order valence-corrected chi connectivity index (χ0v) is 11.4. The highest BCUT2D eigenvalue weighted by Crippen LogP contribution is 2.23. The fraction of sp³-hybridized carbons (Fsp3) is 0.333. The molecule has 0 bridgehead atoms. The summed E-state index contributed by atoms with van der Waals surface area (Å²) in [6, 6.07) is 5.70. The minimum atomic E-state index is -0.130. The van der Waals surface area contributed by atoms with Crippen molar-refractivity contribution in [1.82, 2.24) is 5.32 Å². The van der Waals surface area contributed by atoms with Gasteiger partial charge >= 0.3 is 0 Å². The van der Waals surface area contributed by atoms with E-state index in [-0.39, 0.29) is 18.2 Å². The quantitative estimate of drug-likeness (QED) is 0.895. The molecular weight excluding hydrogens is 284 g/mol. The van der Waals surface area contributed by atoms with Crippen molar-refractivity contribution in [1.29, 1.82) is 0 Å². The second-order valence-corrected chi connectivity index (χ2v) is 4.62. The van der Waals surface area contributed by atoms with Crippen LogP contribution in [0.3, 0.4) is 0 Å². The summed E-state index contributed by atoms with van der Waals surface area (Å²) < 4.78 is 0.852. The summed E-state index contributed by atoms with van der Waals surface area (Å²) >= 11 is 3.38. The predicted molar refractivity (Wildman–Crippen MR) is 70.8 cm³/mol. The van der Waals surface area contributed by atoms with Crippen LogP contribution in [-0.2, 0) is 9.59 Å². The number of carbonyl (C=O) groups is 2. The molecule has 2 amide bonds. The highest BCUT2D eigenvalue weighted by molar-refractivity contribution is 9.10. The maximum atomic E-state index is 11.5. The molecule has 0 aliphatic heterocycles. The molecule has 92 valence electrons. The highest BCUT2D eigenvalue weighted by Gasteiger charge is 2.05. The number of amides is 2. The normalized spacial score (nSPS) is 9.82. The maximum absolute atomic E-state index is 11.5. The van der Waals surface area contributed by atoms with Gasteiger partial charge in [-0.25, -0.2) is 0 Å². The van der Waals surface area contributed by atoms with Gasteiger partial charge in [0.25, 0.3) is 0 Å².